The molecule has 0 saturated carbocycles. The smallest absolute Gasteiger partial charge is 0.409 e. The maximum Gasteiger partial charge on any atom is 0.409 e. The maximum atomic E-state index is 12.4. The van der Waals surface area contributed by atoms with E-state index in [0.717, 1.165) is 10.4 Å². The van der Waals surface area contributed by atoms with Crippen LogP contribution < -0.4 is 5.32 Å². The standard InChI is InChI=1S/C20H19N3O7S/c1-29-19(25)17-14-8-9-22(20(26)30-2)11-15(14)31-18(17)21-16(24)7-6-12-4-3-5-13(10-12)23(27)28/h3-7,10H,8-9,11H2,1-2H3,(H,21,24)/b7-6+. The Morgan fingerprint density at radius 1 is 1.26 bits per heavy atom. The van der Waals surface area contributed by atoms with E-state index in [9.17, 15) is 24.5 Å². The first kappa shape index (κ1) is 22.0. The van der Waals surface area contributed by atoms with Crippen molar-refractivity contribution in [3.8, 4) is 0 Å². The summed E-state index contributed by atoms with van der Waals surface area (Å²) in [5.74, 6) is -1.10. The second-order valence-corrected chi connectivity index (χ2v) is 7.62. The Morgan fingerprint density at radius 2 is 2.03 bits per heavy atom. The molecule has 0 bridgehead atoms. The Balaban J connectivity index is 1.82. The molecule has 11 heteroatoms. The number of esters is 1. The van der Waals surface area contributed by atoms with Crippen molar-refractivity contribution >= 4 is 46.1 Å². The van der Waals surface area contributed by atoms with Gasteiger partial charge in [0.05, 0.1) is 31.3 Å². The molecule has 0 atom stereocenters. The number of anilines is 1. The number of nitro groups is 1. The SMILES string of the molecule is COC(=O)c1c(NC(=O)/C=C/c2cccc([N+](=O)[O-])c2)sc2c1CCN(C(=O)OC)C2. The third-order valence-electron chi connectivity index (χ3n) is 4.62. The molecule has 0 aliphatic carbocycles. The number of thiophene rings is 1. The molecule has 0 fully saturated rings. The van der Waals surface area contributed by atoms with Crippen LogP contribution in [0.4, 0.5) is 15.5 Å². The van der Waals surface area contributed by atoms with Gasteiger partial charge in [-0.1, -0.05) is 12.1 Å². The number of carbonyl (C=O) groups excluding carboxylic acids is 3. The van der Waals surface area contributed by atoms with Gasteiger partial charge in [-0.2, -0.15) is 0 Å². The predicted molar refractivity (Wildman–Crippen MR) is 113 cm³/mol. The van der Waals surface area contributed by atoms with Crippen LogP contribution in [0.1, 0.15) is 26.4 Å². The number of non-ortho nitro benzene ring substituents is 1. The van der Waals surface area contributed by atoms with Crippen molar-refractivity contribution < 1.29 is 28.8 Å². The Hall–Kier alpha value is -3.73. The largest absolute Gasteiger partial charge is 0.465 e. The highest BCUT2D eigenvalue weighted by Crippen LogP contribution is 2.37. The van der Waals surface area contributed by atoms with Crippen LogP contribution in [0.5, 0.6) is 0 Å². The fourth-order valence-electron chi connectivity index (χ4n) is 3.16. The number of rotatable bonds is 5. The summed E-state index contributed by atoms with van der Waals surface area (Å²) in [5, 5.41) is 13.9. The van der Waals surface area contributed by atoms with Crippen LogP contribution in [0.15, 0.2) is 30.3 Å². The van der Waals surface area contributed by atoms with Gasteiger partial charge in [0.25, 0.3) is 5.69 Å². The van der Waals surface area contributed by atoms with E-state index in [1.807, 2.05) is 0 Å². The molecular formula is C20H19N3O7S. The van der Waals surface area contributed by atoms with Crippen molar-refractivity contribution in [2.45, 2.75) is 13.0 Å². The van der Waals surface area contributed by atoms with E-state index in [4.69, 9.17) is 9.47 Å². The monoisotopic (exact) mass is 445 g/mol. The zero-order valence-electron chi connectivity index (χ0n) is 16.7. The van der Waals surface area contributed by atoms with Crippen LogP contribution >= 0.6 is 11.3 Å². The molecule has 2 aromatic rings. The van der Waals surface area contributed by atoms with Crippen molar-refractivity contribution in [1.82, 2.24) is 4.90 Å². The van der Waals surface area contributed by atoms with Crippen molar-refractivity contribution in [2.75, 3.05) is 26.1 Å². The number of nitrogens with zero attached hydrogens (tertiary/aromatic N) is 2. The fourth-order valence-corrected chi connectivity index (χ4v) is 4.42. The molecule has 1 aliphatic rings. The van der Waals surface area contributed by atoms with Crippen LogP contribution in [-0.2, 0) is 27.2 Å². The molecule has 0 radical (unpaired) electrons. The number of benzene rings is 1. The molecule has 2 amide bonds. The van der Waals surface area contributed by atoms with E-state index >= 15 is 0 Å². The van der Waals surface area contributed by atoms with Gasteiger partial charge in [0, 0.05) is 29.6 Å². The highest BCUT2D eigenvalue weighted by molar-refractivity contribution is 7.17. The molecular weight excluding hydrogens is 426 g/mol. The molecule has 0 spiro atoms. The van der Waals surface area contributed by atoms with Gasteiger partial charge in [0.15, 0.2) is 0 Å². The molecule has 3 rings (SSSR count). The Morgan fingerprint density at radius 3 is 2.71 bits per heavy atom. The number of methoxy groups -OCH3 is 2. The van der Waals surface area contributed by atoms with Crippen molar-refractivity contribution in [3.05, 3.63) is 62.0 Å². The van der Waals surface area contributed by atoms with Gasteiger partial charge >= 0.3 is 12.1 Å². The molecule has 1 aromatic heterocycles. The highest BCUT2D eigenvalue weighted by Gasteiger charge is 2.30. The minimum Gasteiger partial charge on any atom is -0.465 e. The van der Waals surface area contributed by atoms with Gasteiger partial charge in [-0.25, -0.2) is 9.59 Å². The Kier molecular flexibility index (Phi) is 6.65. The highest BCUT2D eigenvalue weighted by atomic mass is 32.1. The molecule has 2 heterocycles. The predicted octanol–water partition coefficient (Wildman–Crippen LogP) is 3.22. The summed E-state index contributed by atoms with van der Waals surface area (Å²) >= 11 is 1.19. The lowest BCUT2D eigenvalue weighted by Crippen LogP contribution is -2.35. The summed E-state index contributed by atoms with van der Waals surface area (Å²) in [4.78, 5) is 49.2. The minimum absolute atomic E-state index is 0.0865. The maximum absolute atomic E-state index is 12.4. The van der Waals surface area contributed by atoms with Gasteiger partial charge < -0.3 is 19.7 Å². The lowest BCUT2D eigenvalue weighted by atomic mass is 10.0. The summed E-state index contributed by atoms with van der Waals surface area (Å²) < 4.78 is 9.62. The number of nitro benzene ring substituents is 1. The number of amides is 2. The van der Waals surface area contributed by atoms with Crippen LogP contribution in [0.25, 0.3) is 6.08 Å². The third kappa shape index (κ3) is 4.89. The average Bonchev–Trinajstić information content (AvgIpc) is 3.13. The molecule has 0 unspecified atom stereocenters. The Labute approximate surface area is 181 Å². The van der Waals surface area contributed by atoms with Gasteiger partial charge in [-0.3, -0.25) is 14.9 Å². The quantitative estimate of drug-likeness (QED) is 0.324. The minimum atomic E-state index is -0.581. The van der Waals surface area contributed by atoms with E-state index in [-0.39, 0.29) is 17.8 Å². The summed E-state index contributed by atoms with van der Waals surface area (Å²) in [6.07, 6.45) is 2.61. The van der Waals surface area contributed by atoms with Crippen LogP contribution in [-0.4, -0.2) is 48.6 Å². The third-order valence-corrected chi connectivity index (χ3v) is 5.76. The Bertz CT molecular complexity index is 1080. The summed E-state index contributed by atoms with van der Waals surface area (Å²) in [6.45, 7) is 0.635. The van der Waals surface area contributed by atoms with Crippen molar-refractivity contribution in [2.24, 2.45) is 0 Å². The number of hydrogen-bond donors (Lipinski definition) is 1. The normalized spacial score (nSPS) is 12.9. The molecule has 31 heavy (non-hydrogen) atoms. The number of carbonyl (C=O) groups is 3. The van der Waals surface area contributed by atoms with Gasteiger partial charge in [-0.15, -0.1) is 11.3 Å². The summed E-state index contributed by atoms with van der Waals surface area (Å²) in [7, 11) is 2.55. The van der Waals surface area contributed by atoms with Crippen LogP contribution in [0.2, 0.25) is 0 Å². The first-order valence-electron chi connectivity index (χ1n) is 9.13. The molecule has 0 saturated heterocycles. The number of hydrogen-bond acceptors (Lipinski definition) is 8. The van der Waals surface area contributed by atoms with Crippen molar-refractivity contribution in [1.29, 1.82) is 0 Å². The number of nitrogens with one attached hydrogen (secondary N) is 1. The molecule has 1 N–H and O–H groups in total. The second kappa shape index (κ2) is 9.39. The zero-order valence-corrected chi connectivity index (χ0v) is 17.6. The number of fused-ring (bicyclic) bond motifs is 1. The van der Waals surface area contributed by atoms with E-state index in [0.29, 0.717) is 23.5 Å². The van der Waals surface area contributed by atoms with E-state index in [1.54, 1.807) is 6.07 Å². The zero-order chi connectivity index (χ0) is 22.5. The average molecular weight is 445 g/mol. The first-order valence-corrected chi connectivity index (χ1v) is 9.95. The second-order valence-electron chi connectivity index (χ2n) is 6.52. The summed E-state index contributed by atoms with van der Waals surface area (Å²) in [5.41, 5.74) is 1.40. The molecule has 10 nitrogen and oxygen atoms in total. The van der Waals surface area contributed by atoms with Gasteiger partial charge in [0.2, 0.25) is 5.91 Å². The van der Waals surface area contributed by atoms with Gasteiger partial charge in [-0.05, 0) is 23.6 Å². The fraction of sp³-hybridized carbons (Fsp3) is 0.250. The first-order chi connectivity index (χ1) is 14.8. The van der Waals surface area contributed by atoms with Crippen molar-refractivity contribution in [3.63, 3.8) is 0 Å². The lowest BCUT2D eigenvalue weighted by molar-refractivity contribution is -0.384. The van der Waals surface area contributed by atoms with Crippen LogP contribution in [0.3, 0.4) is 0 Å². The summed E-state index contributed by atoms with van der Waals surface area (Å²) in [6, 6.07) is 5.84. The molecule has 1 aliphatic heterocycles. The van der Waals surface area contributed by atoms with E-state index < -0.39 is 22.9 Å². The lowest BCUT2D eigenvalue weighted by Gasteiger charge is -2.25. The topological polar surface area (TPSA) is 128 Å². The van der Waals surface area contributed by atoms with Crippen LogP contribution in [0, 0.1) is 10.1 Å². The van der Waals surface area contributed by atoms with E-state index in [1.165, 1.54) is 60.8 Å². The molecule has 162 valence electrons. The number of ether oxygens (including phenoxy) is 2. The molecule has 1 aromatic carbocycles. The van der Waals surface area contributed by atoms with E-state index in [2.05, 4.69) is 5.32 Å². The van der Waals surface area contributed by atoms with Gasteiger partial charge in [0.1, 0.15) is 5.00 Å².